The Hall–Kier alpha value is 0.0569. The Balaban J connectivity index is 3.92. The summed E-state index contributed by atoms with van der Waals surface area (Å²) in [7, 11) is 5.11. The summed E-state index contributed by atoms with van der Waals surface area (Å²) in [4.78, 5) is 0. The van der Waals surface area contributed by atoms with Gasteiger partial charge in [-0.25, -0.2) is 0 Å². The van der Waals surface area contributed by atoms with Crippen LogP contribution in [-0.4, -0.2) is 49.3 Å². The van der Waals surface area contributed by atoms with Crippen molar-refractivity contribution in [2.75, 3.05) is 27.9 Å². The van der Waals surface area contributed by atoms with E-state index in [0.29, 0.717) is 0 Å². The van der Waals surface area contributed by atoms with Crippen LogP contribution in [0, 0.1) is 0 Å². The predicted octanol–water partition coefficient (Wildman–Crippen LogP) is 1.14. The van der Waals surface area contributed by atoms with Gasteiger partial charge in [0.25, 0.3) is 0 Å². The van der Waals surface area contributed by atoms with E-state index in [2.05, 4.69) is 0 Å². The molecule has 4 nitrogen and oxygen atoms in total. The minimum atomic E-state index is -0.586. The van der Waals surface area contributed by atoms with Crippen LogP contribution in [-0.2, 0) is 14.2 Å². The second-order valence-electron chi connectivity index (χ2n) is 4.40. The number of hydrogen-bond donors (Lipinski definition) is 1. The molecule has 1 atom stereocenters. The molecule has 0 aromatic rings. The van der Waals surface area contributed by atoms with Crippen molar-refractivity contribution in [1.29, 1.82) is 0 Å². The summed E-state index contributed by atoms with van der Waals surface area (Å²) in [5.74, 6) is -0.586. The summed E-state index contributed by atoms with van der Waals surface area (Å²) in [5.41, 5.74) is 5.48. The molecular formula is C12H29NO3Si. The van der Waals surface area contributed by atoms with Crippen LogP contribution in [0.15, 0.2) is 0 Å². The quantitative estimate of drug-likeness (QED) is 0.345. The van der Waals surface area contributed by atoms with Crippen molar-refractivity contribution in [3.63, 3.8) is 0 Å². The van der Waals surface area contributed by atoms with E-state index in [0.717, 1.165) is 19.4 Å². The van der Waals surface area contributed by atoms with Gasteiger partial charge in [0.1, 0.15) is 6.10 Å². The summed E-state index contributed by atoms with van der Waals surface area (Å²) in [6, 6.07) is 2.67. The molecule has 0 rings (SSSR count). The molecular weight excluding hydrogens is 234 g/mol. The van der Waals surface area contributed by atoms with Gasteiger partial charge < -0.3 is 19.9 Å². The highest BCUT2D eigenvalue weighted by Crippen LogP contribution is 2.25. The van der Waals surface area contributed by atoms with E-state index in [9.17, 15) is 0 Å². The summed E-state index contributed by atoms with van der Waals surface area (Å²) in [5, 5.41) is 0. The molecule has 0 amide bonds. The van der Waals surface area contributed by atoms with Crippen molar-refractivity contribution in [2.24, 2.45) is 5.73 Å². The highest BCUT2D eigenvalue weighted by Gasteiger charge is 2.36. The molecule has 0 spiro atoms. The van der Waals surface area contributed by atoms with Gasteiger partial charge in [-0.3, -0.25) is 0 Å². The van der Waals surface area contributed by atoms with E-state index in [1.807, 2.05) is 6.92 Å². The molecule has 0 aliphatic heterocycles. The number of nitrogens with two attached hydrogens (primary N) is 1. The number of methoxy groups -OCH3 is 3. The average molecular weight is 263 g/mol. The van der Waals surface area contributed by atoms with E-state index in [1.54, 1.807) is 21.3 Å². The maximum atomic E-state index is 5.52. The third kappa shape index (κ3) is 5.97. The Morgan fingerprint density at radius 3 is 2.18 bits per heavy atom. The van der Waals surface area contributed by atoms with Gasteiger partial charge in [-0.15, -0.1) is 0 Å². The second-order valence-corrected chi connectivity index (χ2v) is 6.53. The molecule has 0 saturated heterocycles. The molecule has 0 saturated carbocycles. The molecule has 0 aliphatic rings. The fourth-order valence-electron chi connectivity index (χ4n) is 2.05. The molecule has 0 bridgehead atoms. The third-order valence-electron chi connectivity index (χ3n) is 3.39. The van der Waals surface area contributed by atoms with Crippen molar-refractivity contribution in [3.8, 4) is 0 Å². The number of rotatable bonds is 11. The highest BCUT2D eigenvalue weighted by atomic mass is 28.2. The van der Waals surface area contributed by atoms with E-state index in [-0.39, 0.29) is 15.6 Å². The first kappa shape index (κ1) is 17.1. The zero-order chi connectivity index (χ0) is 13.1. The first-order valence-electron chi connectivity index (χ1n) is 6.50. The predicted molar refractivity (Wildman–Crippen MR) is 74.3 cm³/mol. The SMILES string of the molecule is COC(C)C(CCC[SiH2]CCCN)(OC)OC. The van der Waals surface area contributed by atoms with Gasteiger partial charge in [-0.05, 0) is 19.9 Å². The maximum Gasteiger partial charge on any atom is 0.193 e. The second kappa shape index (κ2) is 10.0. The van der Waals surface area contributed by atoms with Gasteiger partial charge in [-0.1, -0.05) is 18.5 Å². The van der Waals surface area contributed by atoms with Crippen LogP contribution < -0.4 is 5.73 Å². The molecule has 0 aliphatic carbocycles. The minimum absolute atomic E-state index is 0.0526. The molecule has 5 heteroatoms. The Morgan fingerprint density at radius 2 is 1.71 bits per heavy atom. The number of ether oxygens (including phenoxy) is 3. The first-order valence-corrected chi connectivity index (χ1v) is 8.50. The Bertz CT molecular complexity index is 177. The van der Waals surface area contributed by atoms with Crippen molar-refractivity contribution in [3.05, 3.63) is 0 Å². The summed E-state index contributed by atoms with van der Waals surface area (Å²) in [6.07, 6.45) is 3.17. The molecule has 104 valence electrons. The Labute approximate surface area is 108 Å². The lowest BCUT2D eigenvalue weighted by Crippen LogP contribution is -2.45. The third-order valence-corrected chi connectivity index (χ3v) is 5.39. The van der Waals surface area contributed by atoms with Crippen molar-refractivity contribution >= 4 is 9.52 Å². The van der Waals surface area contributed by atoms with Crippen molar-refractivity contribution in [2.45, 2.75) is 50.2 Å². The molecule has 0 radical (unpaired) electrons. The van der Waals surface area contributed by atoms with Crippen LogP contribution in [0.25, 0.3) is 0 Å². The van der Waals surface area contributed by atoms with Crippen molar-refractivity contribution in [1.82, 2.24) is 0 Å². The van der Waals surface area contributed by atoms with Gasteiger partial charge in [0, 0.05) is 37.3 Å². The van der Waals surface area contributed by atoms with Gasteiger partial charge in [0.2, 0.25) is 0 Å². The lowest BCUT2D eigenvalue weighted by molar-refractivity contribution is -0.263. The van der Waals surface area contributed by atoms with Gasteiger partial charge in [-0.2, -0.15) is 0 Å². The van der Waals surface area contributed by atoms with Crippen molar-refractivity contribution < 1.29 is 14.2 Å². The molecule has 0 aromatic heterocycles. The van der Waals surface area contributed by atoms with Gasteiger partial charge in [0.15, 0.2) is 5.79 Å². The molecule has 1 unspecified atom stereocenters. The number of hydrogen-bond acceptors (Lipinski definition) is 4. The van der Waals surface area contributed by atoms with E-state index in [4.69, 9.17) is 19.9 Å². The minimum Gasteiger partial charge on any atom is -0.376 e. The monoisotopic (exact) mass is 263 g/mol. The van der Waals surface area contributed by atoms with Crippen LogP contribution in [0.1, 0.15) is 26.2 Å². The normalized spacial score (nSPS) is 14.6. The lowest BCUT2D eigenvalue weighted by Gasteiger charge is -2.35. The van der Waals surface area contributed by atoms with Gasteiger partial charge >= 0.3 is 0 Å². The zero-order valence-corrected chi connectivity index (χ0v) is 13.2. The van der Waals surface area contributed by atoms with Crippen LogP contribution in [0.3, 0.4) is 0 Å². The first-order chi connectivity index (χ1) is 8.16. The zero-order valence-electron chi connectivity index (χ0n) is 11.8. The van der Waals surface area contributed by atoms with Gasteiger partial charge in [0.05, 0.1) is 0 Å². The lowest BCUT2D eigenvalue weighted by atomic mass is 10.1. The summed E-state index contributed by atoms with van der Waals surface area (Å²) >= 11 is 0. The fourth-order valence-corrected chi connectivity index (χ4v) is 3.65. The van der Waals surface area contributed by atoms with E-state index < -0.39 is 5.79 Å². The molecule has 2 N–H and O–H groups in total. The summed E-state index contributed by atoms with van der Waals surface area (Å²) < 4.78 is 16.4. The maximum absolute atomic E-state index is 5.52. The summed E-state index contributed by atoms with van der Waals surface area (Å²) in [6.45, 7) is 2.81. The van der Waals surface area contributed by atoms with Crippen LogP contribution in [0.5, 0.6) is 0 Å². The average Bonchev–Trinajstić information content (AvgIpc) is 2.38. The topological polar surface area (TPSA) is 53.7 Å². The van der Waals surface area contributed by atoms with E-state index >= 15 is 0 Å². The standard InChI is InChI=1S/C12H29NO3Si/c1-11(14-2)12(15-3,16-4)7-5-9-17-10-6-8-13/h11H,5-10,13,17H2,1-4H3. The van der Waals surface area contributed by atoms with Crippen LogP contribution in [0.2, 0.25) is 12.1 Å². The van der Waals surface area contributed by atoms with Crippen LogP contribution in [0.4, 0.5) is 0 Å². The molecule has 17 heavy (non-hydrogen) atoms. The Morgan fingerprint density at radius 1 is 1.12 bits per heavy atom. The van der Waals surface area contributed by atoms with Crippen LogP contribution >= 0.6 is 0 Å². The smallest absolute Gasteiger partial charge is 0.193 e. The van der Waals surface area contributed by atoms with E-state index in [1.165, 1.54) is 18.5 Å². The molecule has 0 fully saturated rings. The molecule has 0 heterocycles. The molecule has 0 aromatic carbocycles. The highest BCUT2D eigenvalue weighted by molar-refractivity contribution is 6.35. The Kier molecular flexibility index (Phi) is 10.1. The largest absolute Gasteiger partial charge is 0.376 e. The fraction of sp³-hybridized carbons (Fsp3) is 1.00.